The second-order valence-electron chi connectivity index (χ2n) is 6.80. The van der Waals surface area contributed by atoms with Crippen LogP contribution in [0.3, 0.4) is 0 Å². The lowest BCUT2D eigenvalue weighted by molar-refractivity contribution is 0.0985. The molecule has 4 aromatic rings. The number of aromatic nitrogens is 3. The van der Waals surface area contributed by atoms with Gasteiger partial charge in [0.2, 0.25) is 0 Å². The van der Waals surface area contributed by atoms with E-state index >= 15 is 0 Å². The molecule has 0 N–H and O–H groups in total. The molecule has 1 amide bonds. The standard InChI is InChI=1S/C21H18N4OS/c1-24(21-22-16-9-5-6-10-19(16)27-21)20(26)18-13-17(14-11-12-14)23-25(18)15-7-3-2-4-8-15/h2-10,13-14H,11-12H2,1H3. The van der Waals surface area contributed by atoms with Crippen molar-refractivity contribution in [1.29, 1.82) is 0 Å². The summed E-state index contributed by atoms with van der Waals surface area (Å²) in [4.78, 5) is 19.5. The van der Waals surface area contributed by atoms with E-state index in [1.54, 1.807) is 16.6 Å². The molecule has 0 saturated heterocycles. The van der Waals surface area contributed by atoms with Crippen LogP contribution in [0.2, 0.25) is 0 Å². The average molecular weight is 374 g/mol. The Morgan fingerprint density at radius 2 is 1.85 bits per heavy atom. The van der Waals surface area contributed by atoms with Gasteiger partial charge in [-0.25, -0.2) is 9.67 Å². The van der Waals surface area contributed by atoms with E-state index in [4.69, 9.17) is 5.10 Å². The van der Waals surface area contributed by atoms with Gasteiger partial charge < -0.3 is 0 Å². The smallest absolute Gasteiger partial charge is 0.278 e. The molecule has 1 saturated carbocycles. The van der Waals surface area contributed by atoms with Gasteiger partial charge in [0, 0.05) is 13.0 Å². The summed E-state index contributed by atoms with van der Waals surface area (Å²) < 4.78 is 2.84. The first-order valence-electron chi connectivity index (χ1n) is 9.00. The Bertz CT molecular complexity index is 1090. The van der Waals surface area contributed by atoms with E-state index < -0.39 is 0 Å². The van der Waals surface area contributed by atoms with Crippen LogP contribution in [0.25, 0.3) is 15.9 Å². The van der Waals surface area contributed by atoms with Gasteiger partial charge in [-0.1, -0.05) is 41.7 Å². The van der Waals surface area contributed by atoms with E-state index in [-0.39, 0.29) is 5.91 Å². The first-order valence-corrected chi connectivity index (χ1v) is 9.81. The van der Waals surface area contributed by atoms with Crippen molar-refractivity contribution in [3.05, 3.63) is 72.1 Å². The number of amides is 1. The fourth-order valence-corrected chi connectivity index (χ4v) is 4.08. The number of hydrogen-bond acceptors (Lipinski definition) is 4. The number of anilines is 1. The van der Waals surface area contributed by atoms with Crippen LogP contribution in [0, 0.1) is 0 Å². The predicted molar refractivity (Wildman–Crippen MR) is 108 cm³/mol. The van der Waals surface area contributed by atoms with Crippen LogP contribution in [0.5, 0.6) is 0 Å². The lowest BCUT2D eigenvalue weighted by Gasteiger charge is -2.14. The van der Waals surface area contributed by atoms with E-state index in [1.807, 2.05) is 60.7 Å². The molecule has 2 aromatic carbocycles. The maximum absolute atomic E-state index is 13.3. The van der Waals surface area contributed by atoms with Gasteiger partial charge in [0.1, 0.15) is 5.69 Å². The van der Waals surface area contributed by atoms with Crippen LogP contribution in [-0.4, -0.2) is 27.7 Å². The van der Waals surface area contributed by atoms with Gasteiger partial charge in [0.25, 0.3) is 5.91 Å². The normalized spacial score (nSPS) is 13.8. The number of thiazole rings is 1. The molecule has 2 aromatic heterocycles. The molecule has 0 radical (unpaired) electrons. The molecule has 0 unspecified atom stereocenters. The fourth-order valence-electron chi connectivity index (χ4n) is 3.16. The largest absolute Gasteiger partial charge is 0.286 e. The van der Waals surface area contributed by atoms with Gasteiger partial charge in [-0.2, -0.15) is 5.10 Å². The number of nitrogens with zero attached hydrogens (tertiary/aromatic N) is 4. The van der Waals surface area contributed by atoms with E-state index in [2.05, 4.69) is 4.98 Å². The number of para-hydroxylation sites is 2. The zero-order valence-corrected chi connectivity index (χ0v) is 15.7. The lowest BCUT2D eigenvalue weighted by Crippen LogP contribution is -2.28. The number of carbonyl (C=O) groups is 1. The van der Waals surface area contributed by atoms with Crippen LogP contribution in [0.15, 0.2) is 60.7 Å². The Hall–Kier alpha value is -2.99. The third-order valence-electron chi connectivity index (χ3n) is 4.82. The summed E-state index contributed by atoms with van der Waals surface area (Å²) in [6, 6.07) is 19.7. The predicted octanol–water partition coefficient (Wildman–Crippen LogP) is 4.64. The van der Waals surface area contributed by atoms with Gasteiger partial charge >= 0.3 is 0 Å². The molecule has 1 aliphatic carbocycles. The summed E-state index contributed by atoms with van der Waals surface area (Å²) in [7, 11) is 1.78. The summed E-state index contributed by atoms with van der Waals surface area (Å²) in [5, 5.41) is 5.42. The zero-order valence-electron chi connectivity index (χ0n) is 14.9. The van der Waals surface area contributed by atoms with Gasteiger partial charge in [-0.3, -0.25) is 9.69 Å². The van der Waals surface area contributed by atoms with Gasteiger partial charge in [-0.15, -0.1) is 0 Å². The van der Waals surface area contributed by atoms with Crippen molar-refractivity contribution in [2.24, 2.45) is 0 Å². The van der Waals surface area contributed by atoms with Crippen molar-refractivity contribution < 1.29 is 4.79 Å². The van der Waals surface area contributed by atoms with Crippen LogP contribution >= 0.6 is 11.3 Å². The number of rotatable bonds is 4. The third kappa shape index (κ3) is 2.92. The molecule has 1 aliphatic rings. The lowest BCUT2D eigenvalue weighted by atomic mass is 10.2. The number of hydrogen-bond donors (Lipinski definition) is 0. The van der Waals surface area contributed by atoms with Crippen LogP contribution < -0.4 is 4.90 Å². The van der Waals surface area contributed by atoms with Crippen LogP contribution in [-0.2, 0) is 0 Å². The monoisotopic (exact) mass is 374 g/mol. The van der Waals surface area contributed by atoms with Gasteiger partial charge in [0.15, 0.2) is 5.13 Å². The quantitative estimate of drug-likeness (QED) is 0.523. The summed E-state index contributed by atoms with van der Waals surface area (Å²) in [6.07, 6.45) is 2.29. The topological polar surface area (TPSA) is 51.0 Å². The Balaban J connectivity index is 1.55. The van der Waals surface area contributed by atoms with Crippen LogP contribution in [0.4, 0.5) is 5.13 Å². The van der Waals surface area contributed by atoms with Crippen molar-refractivity contribution in [2.75, 3.05) is 11.9 Å². The maximum Gasteiger partial charge on any atom is 0.278 e. The highest BCUT2D eigenvalue weighted by Gasteiger charge is 2.30. The number of carbonyl (C=O) groups excluding carboxylic acids is 1. The minimum Gasteiger partial charge on any atom is -0.286 e. The summed E-state index contributed by atoms with van der Waals surface area (Å²) >= 11 is 1.52. The third-order valence-corrected chi connectivity index (χ3v) is 5.93. The highest BCUT2D eigenvalue weighted by Crippen LogP contribution is 2.40. The van der Waals surface area contributed by atoms with Crippen molar-refractivity contribution in [2.45, 2.75) is 18.8 Å². The second kappa shape index (κ2) is 6.32. The molecule has 1 fully saturated rings. The molecule has 27 heavy (non-hydrogen) atoms. The van der Waals surface area contributed by atoms with E-state index in [9.17, 15) is 4.79 Å². The van der Waals surface area contributed by atoms with Crippen molar-refractivity contribution in [1.82, 2.24) is 14.8 Å². The molecule has 134 valence electrons. The number of benzene rings is 2. The molecule has 5 rings (SSSR count). The highest BCUT2D eigenvalue weighted by atomic mass is 32.1. The van der Waals surface area contributed by atoms with Crippen molar-refractivity contribution >= 4 is 32.6 Å². The maximum atomic E-state index is 13.3. The molecular weight excluding hydrogens is 356 g/mol. The Labute approximate surface area is 160 Å². The molecular formula is C21H18N4OS. The average Bonchev–Trinajstić information content (AvgIpc) is 3.31. The molecule has 0 bridgehead atoms. The Morgan fingerprint density at radius 3 is 2.59 bits per heavy atom. The Morgan fingerprint density at radius 1 is 1.11 bits per heavy atom. The second-order valence-corrected chi connectivity index (χ2v) is 7.81. The molecule has 0 spiro atoms. The zero-order chi connectivity index (χ0) is 18.4. The summed E-state index contributed by atoms with van der Waals surface area (Å²) in [6.45, 7) is 0. The van der Waals surface area contributed by atoms with E-state index in [1.165, 1.54) is 11.3 Å². The highest BCUT2D eigenvalue weighted by molar-refractivity contribution is 7.22. The van der Waals surface area contributed by atoms with E-state index in [0.29, 0.717) is 16.7 Å². The molecule has 6 heteroatoms. The molecule has 0 atom stereocenters. The number of fused-ring (bicyclic) bond motifs is 1. The van der Waals surface area contributed by atoms with Gasteiger partial charge in [-0.05, 0) is 43.2 Å². The minimum atomic E-state index is -0.0997. The first kappa shape index (κ1) is 16.2. The summed E-state index contributed by atoms with van der Waals surface area (Å²) in [5.41, 5.74) is 3.38. The molecule has 2 heterocycles. The van der Waals surface area contributed by atoms with E-state index in [0.717, 1.165) is 34.4 Å². The fraction of sp³-hybridized carbons (Fsp3) is 0.190. The molecule has 0 aliphatic heterocycles. The van der Waals surface area contributed by atoms with Crippen molar-refractivity contribution in [3.8, 4) is 5.69 Å². The summed E-state index contributed by atoms with van der Waals surface area (Å²) in [5.74, 6) is 0.381. The SMILES string of the molecule is CN(C(=O)c1cc(C2CC2)nn1-c1ccccc1)c1nc2ccccc2s1. The van der Waals surface area contributed by atoms with Crippen LogP contribution in [0.1, 0.15) is 34.9 Å². The van der Waals surface area contributed by atoms with Crippen molar-refractivity contribution in [3.63, 3.8) is 0 Å². The minimum absolute atomic E-state index is 0.0997. The Kier molecular flexibility index (Phi) is 3.79. The first-order chi connectivity index (χ1) is 13.2. The molecule has 5 nitrogen and oxygen atoms in total. The van der Waals surface area contributed by atoms with Gasteiger partial charge in [0.05, 0.1) is 21.6 Å².